The molecule has 1 fully saturated rings. The number of nitro benzene ring substituents is 1. The molecule has 0 aromatic heterocycles. The molecule has 1 saturated heterocycles. The minimum Gasteiger partial charge on any atom is -0.393 e. The molecule has 0 saturated carbocycles. The van der Waals surface area contributed by atoms with Crippen molar-refractivity contribution in [3.63, 3.8) is 0 Å². The van der Waals surface area contributed by atoms with Crippen LogP contribution in [-0.2, 0) is 0 Å². The third kappa shape index (κ3) is 4.66. The fourth-order valence-electron chi connectivity index (χ4n) is 2.72. The number of aliphatic hydroxyl groups is 1. The van der Waals surface area contributed by atoms with Gasteiger partial charge in [-0.2, -0.15) is 0 Å². The Kier molecular flexibility index (Phi) is 5.92. The summed E-state index contributed by atoms with van der Waals surface area (Å²) in [6.45, 7) is 3.69. The second-order valence-electron chi connectivity index (χ2n) is 5.90. The minimum atomic E-state index is -0.498. The number of nitrogens with zero attached hydrogens (tertiary/aromatic N) is 2. The van der Waals surface area contributed by atoms with Gasteiger partial charge >= 0.3 is 0 Å². The highest BCUT2D eigenvalue weighted by atomic mass is 16.6. The molecule has 1 unspecified atom stereocenters. The van der Waals surface area contributed by atoms with E-state index in [1.807, 2.05) is 0 Å². The van der Waals surface area contributed by atoms with Gasteiger partial charge in [-0.3, -0.25) is 14.9 Å². The average molecular weight is 321 g/mol. The van der Waals surface area contributed by atoms with E-state index in [9.17, 15) is 20.0 Å². The quantitative estimate of drug-likeness (QED) is 0.618. The predicted molar refractivity (Wildman–Crippen MR) is 87.8 cm³/mol. The highest BCUT2D eigenvalue weighted by Crippen LogP contribution is 2.28. The lowest BCUT2D eigenvalue weighted by molar-refractivity contribution is -0.384. The molecule has 0 aliphatic carbocycles. The number of amides is 1. The van der Waals surface area contributed by atoms with Crippen LogP contribution < -0.4 is 10.2 Å². The molecule has 1 aliphatic rings. The van der Waals surface area contributed by atoms with Crippen LogP contribution in [0.2, 0.25) is 0 Å². The van der Waals surface area contributed by atoms with E-state index >= 15 is 0 Å². The Balaban J connectivity index is 2.23. The lowest BCUT2D eigenvalue weighted by atomic mass is 10.1. The maximum Gasteiger partial charge on any atom is 0.270 e. The first-order chi connectivity index (χ1) is 11.0. The van der Waals surface area contributed by atoms with E-state index in [2.05, 4.69) is 10.2 Å². The molecule has 1 atom stereocenters. The van der Waals surface area contributed by atoms with Crippen molar-refractivity contribution < 1.29 is 14.8 Å². The van der Waals surface area contributed by atoms with Crippen LogP contribution in [-0.4, -0.2) is 41.7 Å². The van der Waals surface area contributed by atoms with Crippen molar-refractivity contribution in [2.75, 3.05) is 24.5 Å². The summed E-state index contributed by atoms with van der Waals surface area (Å²) < 4.78 is 0. The number of hydrogen-bond acceptors (Lipinski definition) is 5. The summed E-state index contributed by atoms with van der Waals surface area (Å²) in [4.78, 5) is 25.0. The van der Waals surface area contributed by atoms with Crippen molar-refractivity contribution in [2.24, 2.45) is 0 Å². The topological polar surface area (TPSA) is 95.7 Å². The van der Waals surface area contributed by atoms with Gasteiger partial charge in [0.05, 0.1) is 22.3 Å². The number of piperidine rings is 1. The van der Waals surface area contributed by atoms with Crippen LogP contribution in [0.1, 0.15) is 43.0 Å². The molecule has 1 amide bonds. The molecular weight excluding hydrogens is 298 g/mol. The Morgan fingerprint density at radius 2 is 2.09 bits per heavy atom. The Hall–Kier alpha value is -2.15. The van der Waals surface area contributed by atoms with Gasteiger partial charge in [-0.25, -0.2) is 0 Å². The van der Waals surface area contributed by atoms with Crippen molar-refractivity contribution in [1.82, 2.24) is 5.32 Å². The van der Waals surface area contributed by atoms with E-state index in [1.54, 1.807) is 13.0 Å². The third-order valence-electron chi connectivity index (χ3n) is 3.98. The summed E-state index contributed by atoms with van der Waals surface area (Å²) in [7, 11) is 0. The molecule has 126 valence electrons. The van der Waals surface area contributed by atoms with Crippen LogP contribution in [0.3, 0.4) is 0 Å². The second kappa shape index (κ2) is 7.92. The van der Waals surface area contributed by atoms with E-state index in [-0.39, 0.29) is 11.6 Å². The standard InChI is InChI=1S/C16H23N3O4/c1-12(20)7-8-17-16(21)14-11-13(19(22)23)5-6-15(14)18-9-3-2-4-10-18/h5-6,11-12,20H,2-4,7-10H2,1H3,(H,17,21). The van der Waals surface area contributed by atoms with Gasteiger partial charge in [0.2, 0.25) is 0 Å². The monoisotopic (exact) mass is 321 g/mol. The Labute approximate surface area is 135 Å². The average Bonchev–Trinajstić information content (AvgIpc) is 2.54. The number of rotatable bonds is 6. The number of aliphatic hydroxyl groups excluding tert-OH is 1. The van der Waals surface area contributed by atoms with Crippen LogP contribution >= 0.6 is 0 Å². The summed E-state index contributed by atoms with van der Waals surface area (Å²) in [5.74, 6) is -0.338. The zero-order valence-corrected chi connectivity index (χ0v) is 13.3. The fraction of sp³-hybridized carbons (Fsp3) is 0.562. The van der Waals surface area contributed by atoms with E-state index < -0.39 is 11.0 Å². The van der Waals surface area contributed by atoms with E-state index in [0.29, 0.717) is 18.5 Å². The van der Waals surface area contributed by atoms with Crippen LogP contribution in [0, 0.1) is 10.1 Å². The van der Waals surface area contributed by atoms with E-state index in [4.69, 9.17) is 0 Å². The smallest absolute Gasteiger partial charge is 0.270 e. The van der Waals surface area contributed by atoms with Gasteiger partial charge in [-0.15, -0.1) is 0 Å². The molecule has 2 rings (SSSR count). The molecule has 1 heterocycles. The highest BCUT2D eigenvalue weighted by Gasteiger charge is 2.21. The number of carbonyl (C=O) groups excluding carboxylic acids is 1. The molecule has 0 bridgehead atoms. The molecule has 1 aliphatic heterocycles. The summed E-state index contributed by atoms with van der Waals surface area (Å²) >= 11 is 0. The zero-order chi connectivity index (χ0) is 16.8. The van der Waals surface area contributed by atoms with Crippen molar-refractivity contribution in [2.45, 2.75) is 38.7 Å². The van der Waals surface area contributed by atoms with Gasteiger partial charge in [0.1, 0.15) is 0 Å². The first kappa shape index (κ1) is 17.2. The summed E-state index contributed by atoms with van der Waals surface area (Å²) in [5, 5.41) is 23.0. The van der Waals surface area contributed by atoms with E-state index in [1.165, 1.54) is 18.6 Å². The minimum absolute atomic E-state index is 0.0913. The van der Waals surface area contributed by atoms with Crippen LogP contribution in [0.4, 0.5) is 11.4 Å². The molecule has 0 spiro atoms. The summed E-state index contributed by atoms with van der Waals surface area (Å²) in [6.07, 6.45) is 3.22. The van der Waals surface area contributed by atoms with E-state index in [0.717, 1.165) is 31.6 Å². The molecule has 0 radical (unpaired) electrons. The summed E-state index contributed by atoms with van der Waals surface area (Å²) in [5.41, 5.74) is 0.975. The normalized spacial score (nSPS) is 16.0. The molecule has 7 nitrogen and oxygen atoms in total. The molecule has 7 heteroatoms. The Morgan fingerprint density at radius 1 is 1.39 bits per heavy atom. The maximum absolute atomic E-state index is 12.4. The lowest BCUT2D eigenvalue weighted by Gasteiger charge is -2.30. The summed E-state index contributed by atoms with van der Waals surface area (Å²) in [6, 6.07) is 4.44. The number of nitro groups is 1. The van der Waals surface area contributed by atoms with Gasteiger partial charge in [0, 0.05) is 31.8 Å². The Bertz CT molecular complexity index is 568. The zero-order valence-electron chi connectivity index (χ0n) is 13.3. The highest BCUT2D eigenvalue weighted by molar-refractivity contribution is 6.00. The van der Waals surface area contributed by atoms with Crippen molar-refractivity contribution >= 4 is 17.3 Å². The Morgan fingerprint density at radius 3 is 2.70 bits per heavy atom. The first-order valence-corrected chi connectivity index (χ1v) is 7.98. The largest absolute Gasteiger partial charge is 0.393 e. The number of non-ortho nitro benzene ring substituents is 1. The van der Waals surface area contributed by atoms with Gasteiger partial charge in [-0.1, -0.05) is 0 Å². The van der Waals surface area contributed by atoms with Crippen LogP contribution in [0.5, 0.6) is 0 Å². The fourth-order valence-corrected chi connectivity index (χ4v) is 2.72. The second-order valence-corrected chi connectivity index (χ2v) is 5.90. The number of carbonyl (C=O) groups is 1. The molecule has 2 N–H and O–H groups in total. The van der Waals surface area contributed by atoms with Crippen molar-refractivity contribution in [1.29, 1.82) is 0 Å². The maximum atomic E-state index is 12.4. The number of nitrogens with one attached hydrogen (secondary N) is 1. The third-order valence-corrected chi connectivity index (χ3v) is 3.98. The van der Waals surface area contributed by atoms with Crippen molar-refractivity contribution in [3.05, 3.63) is 33.9 Å². The van der Waals surface area contributed by atoms with Crippen molar-refractivity contribution in [3.8, 4) is 0 Å². The number of anilines is 1. The molecule has 1 aromatic carbocycles. The number of hydrogen-bond donors (Lipinski definition) is 2. The van der Waals surface area contributed by atoms with Gasteiger partial charge in [-0.05, 0) is 38.7 Å². The number of benzene rings is 1. The molecule has 1 aromatic rings. The molecule has 23 heavy (non-hydrogen) atoms. The van der Waals surface area contributed by atoms with Gasteiger partial charge < -0.3 is 15.3 Å². The van der Waals surface area contributed by atoms with Crippen LogP contribution in [0.25, 0.3) is 0 Å². The predicted octanol–water partition coefficient (Wildman–Crippen LogP) is 2.09. The van der Waals surface area contributed by atoms with Crippen LogP contribution in [0.15, 0.2) is 18.2 Å². The molecular formula is C16H23N3O4. The SMILES string of the molecule is CC(O)CCNC(=O)c1cc([N+](=O)[O-])ccc1N1CCCCC1. The van der Waals surface area contributed by atoms with Gasteiger partial charge in [0.15, 0.2) is 0 Å². The van der Waals surface area contributed by atoms with Gasteiger partial charge in [0.25, 0.3) is 11.6 Å². The lowest BCUT2D eigenvalue weighted by Crippen LogP contribution is -2.33. The first-order valence-electron chi connectivity index (χ1n) is 7.98.